The lowest BCUT2D eigenvalue weighted by molar-refractivity contribution is -0.385. The maximum absolute atomic E-state index is 13.8. The Bertz CT molecular complexity index is 1860. The highest BCUT2D eigenvalue weighted by Gasteiger charge is 2.32. The lowest BCUT2D eigenvalue weighted by Gasteiger charge is -2.25. The zero-order chi connectivity index (χ0) is 28.6. The fourth-order valence-corrected chi connectivity index (χ4v) is 5.93. The number of para-hydroxylation sites is 1. The van der Waals surface area contributed by atoms with Gasteiger partial charge in [-0.1, -0.05) is 57.6 Å². The molecule has 5 rings (SSSR count). The van der Waals surface area contributed by atoms with E-state index in [4.69, 9.17) is 4.74 Å². The molecule has 12 heteroatoms. The molecule has 0 fully saturated rings. The standard InChI is InChI=1S/C28H21BrN4O6S/c1-15-23(26(35)31-19-6-4-3-5-7-19)24(16-8-10-20(39-2)11-9-16)32-27(36)22(40-28(32)30-15)13-17-12-18(29)14-21(25(17)34)33(37)38/h3-14,24,34H,1-2H3,(H,31,35)/b22-13+/t24-/m1/s1. The van der Waals surface area contributed by atoms with Gasteiger partial charge < -0.3 is 15.2 Å². The minimum absolute atomic E-state index is 0.0881. The number of ether oxygens (including phenoxy) is 1. The lowest BCUT2D eigenvalue weighted by atomic mass is 9.95. The van der Waals surface area contributed by atoms with Crippen LogP contribution in [0.1, 0.15) is 24.1 Å². The van der Waals surface area contributed by atoms with Crippen molar-refractivity contribution in [1.29, 1.82) is 0 Å². The number of aromatic hydroxyl groups is 1. The molecular weight excluding hydrogens is 600 g/mol. The normalized spacial score (nSPS) is 14.9. The molecule has 1 amide bonds. The van der Waals surface area contributed by atoms with Crippen molar-refractivity contribution in [2.45, 2.75) is 13.0 Å². The van der Waals surface area contributed by atoms with Gasteiger partial charge in [-0.05, 0) is 48.9 Å². The summed E-state index contributed by atoms with van der Waals surface area (Å²) in [7, 11) is 1.54. The van der Waals surface area contributed by atoms with Crippen molar-refractivity contribution in [2.24, 2.45) is 4.99 Å². The largest absolute Gasteiger partial charge is 0.502 e. The van der Waals surface area contributed by atoms with Gasteiger partial charge in [-0.25, -0.2) is 4.99 Å². The second-order valence-corrected chi connectivity index (χ2v) is 10.7. The number of halogens is 1. The number of rotatable bonds is 6. The number of amides is 1. The van der Waals surface area contributed by atoms with Gasteiger partial charge in [-0.15, -0.1) is 0 Å². The number of nitro benzene ring substituents is 1. The third-order valence-corrected chi connectivity index (χ3v) is 7.74. The Labute approximate surface area is 239 Å². The third-order valence-electron chi connectivity index (χ3n) is 6.30. The highest BCUT2D eigenvalue weighted by atomic mass is 79.9. The van der Waals surface area contributed by atoms with Crippen LogP contribution in [-0.2, 0) is 4.79 Å². The number of nitrogens with zero attached hydrogens (tertiary/aromatic N) is 3. The molecule has 10 nitrogen and oxygen atoms in total. The Hall–Kier alpha value is -4.55. The van der Waals surface area contributed by atoms with E-state index < -0.39 is 33.9 Å². The molecule has 0 aliphatic carbocycles. The van der Waals surface area contributed by atoms with E-state index in [-0.39, 0.29) is 15.7 Å². The van der Waals surface area contributed by atoms with Gasteiger partial charge in [0, 0.05) is 21.8 Å². The zero-order valence-corrected chi connectivity index (χ0v) is 23.5. The van der Waals surface area contributed by atoms with Gasteiger partial charge in [0.15, 0.2) is 4.80 Å². The minimum atomic E-state index is -0.821. The Morgan fingerprint density at radius 3 is 2.55 bits per heavy atom. The maximum atomic E-state index is 13.8. The molecule has 4 aromatic rings. The van der Waals surface area contributed by atoms with Gasteiger partial charge in [-0.2, -0.15) is 0 Å². The first-order valence-corrected chi connectivity index (χ1v) is 13.5. The van der Waals surface area contributed by atoms with Crippen LogP contribution in [0.2, 0.25) is 0 Å². The number of fused-ring (bicyclic) bond motifs is 1. The molecule has 0 radical (unpaired) electrons. The number of hydrogen-bond acceptors (Lipinski definition) is 8. The summed E-state index contributed by atoms with van der Waals surface area (Å²) in [4.78, 5) is 43.1. The number of methoxy groups -OCH3 is 1. The van der Waals surface area contributed by atoms with Gasteiger partial charge in [0.25, 0.3) is 11.5 Å². The Morgan fingerprint density at radius 2 is 1.90 bits per heavy atom. The van der Waals surface area contributed by atoms with Gasteiger partial charge in [0.1, 0.15) is 5.75 Å². The number of phenols is 1. The third kappa shape index (κ3) is 5.06. The smallest absolute Gasteiger partial charge is 0.312 e. The number of carbonyl (C=O) groups excluding carboxylic acids is 1. The molecule has 1 aromatic heterocycles. The quantitative estimate of drug-likeness (QED) is 0.244. The van der Waals surface area contributed by atoms with Crippen molar-refractivity contribution >= 4 is 50.6 Å². The molecule has 202 valence electrons. The van der Waals surface area contributed by atoms with Crippen LogP contribution in [0.25, 0.3) is 6.08 Å². The fourth-order valence-electron chi connectivity index (χ4n) is 4.43. The second-order valence-electron chi connectivity index (χ2n) is 8.79. The van der Waals surface area contributed by atoms with Crippen molar-refractivity contribution in [1.82, 2.24) is 4.57 Å². The molecule has 3 aromatic carbocycles. The highest BCUT2D eigenvalue weighted by Crippen LogP contribution is 2.34. The summed E-state index contributed by atoms with van der Waals surface area (Å²) in [5.74, 6) is -0.369. The topological polar surface area (TPSA) is 136 Å². The maximum Gasteiger partial charge on any atom is 0.312 e. The van der Waals surface area contributed by atoms with E-state index in [0.717, 1.165) is 11.3 Å². The Kier molecular flexibility index (Phi) is 7.37. The molecule has 40 heavy (non-hydrogen) atoms. The first-order chi connectivity index (χ1) is 19.2. The number of benzene rings is 3. The molecule has 0 unspecified atom stereocenters. The fraction of sp³-hybridized carbons (Fsp3) is 0.107. The van der Waals surface area contributed by atoms with Gasteiger partial charge in [0.05, 0.1) is 33.9 Å². The molecule has 0 bridgehead atoms. The molecule has 2 N–H and O–H groups in total. The van der Waals surface area contributed by atoms with Gasteiger partial charge >= 0.3 is 5.69 Å². The van der Waals surface area contributed by atoms with Crippen molar-refractivity contribution in [3.05, 3.63) is 123 Å². The van der Waals surface area contributed by atoms with Crippen LogP contribution in [0.15, 0.2) is 92.3 Å². The zero-order valence-electron chi connectivity index (χ0n) is 21.1. The number of aromatic nitrogens is 1. The molecule has 0 saturated carbocycles. The van der Waals surface area contributed by atoms with Crippen LogP contribution >= 0.6 is 27.3 Å². The number of anilines is 1. The first-order valence-electron chi connectivity index (χ1n) is 11.9. The summed E-state index contributed by atoms with van der Waals surface area (Å²) in [5.41, 5.74) is 1.08. The second kappa shape index (κ2) is 10.9. The van der Waals surface area contributed by atoms with Crippen molar-refractivity contribution < 1.29 is 19.6 Å². The van der Waals surface area contributed by atoms with E-state index in [0.29, 0.717) is 32.0 Å². The Balaban J connectivity index is 1.70. The number of hydrogen-bond donors (Lipinski definition) is 2. The summed E-state index contributed by atoms with van der Waals surface area (Å²) in [6, 6.07) is 17.8. The minimum Gasteiger partial charge on any atom is -0.502 e. The van der Waals surface area contributed by atoms with Gasteiger partial charge in [0.2, 0.25) is 5.75 Å². The molecule has 1 aliphatic heterocycles. The average Bonchev–Trinajstić information content (AvgIpc) is 3.24. The van der Waals surface area contributed by atoms with Crippen LogP contribution in [0.5, 0.6) is 11.5 Å². The van der Waals surface area contributed by atoms with Crippen LogP contribution in [0, 0.1) is 10.1 Å². The average molecular weight is 621 g/mol. The molecule has 1 aliphatic rings. The number of phenolic OH excluding ortho intramolecular Hbond substituents is 1. The van der Waals surface area contributed by atoms with Crippen molar-refractivity contribution in [3.8, 4) is 11.5 Å². The number of nitrogens with one attached hydrogen (secondary N) is 1. The molecular formula is C28H21BrN4O6S. The molecule has 1 atom stereocenters. The summed E-state index contributed by atoms with van der Waals surface area (Å²) >= 11 is 4.27. The summed E-state index contributed by atoms with van der Waals surface area (Å²) in [6.45, 7) is 1.71. The lowest BCUT2D eigenvalue weighted by Crippen LogP contribution is -2.40. The number of thiazole rings is 1. The van der Waals surface area contributed by atoms with E-state index in [1.54, 1.807) is 62.6 Å². The summed E-state index contributed by atoms with van der Waals surface area (Å²) in [6.07, 6.45) is 1.38. The highest BCUT2D eigenvalue weighted by molar-refractivity contribution is 9.10. The molecule has 0 spiro atoms. The first kappa shape index (κ1) is 27.0. The monoisotopic (exact) mass is 620 g/mol. The van der Waals surface area contributed by atoms with Crippen molar-refractivity contribution in [2.75, 3.05) is 12.4 Å². The SMILES string of the molecule is COc1ccc([C@@H]2C(C(=O)Nc3ccccc3)=C(C)N=c3s/c(=C/c4cc(Br)cc([N+](=O)[O-])c4O)c(=O)n32)cc1. The molecule has 0 saturated heterocycles. The number of nitro groups is 1. The predicted octanol–water partition coefficient (Wildman–Crippen LogP) is 4.26. The van der Waals surface area contributed by atoms with E-state index in [1.165, 1.54) is 22.8 Å². The van der Waals surface area contributed by atoms with Crippen LogP contribution < -0.4 is 24.9 Å². The van der Waals surface area contributed by atoms with E-state index in [2.05, 4.69) is 26.2 Å². The number of carbonyl (C=O) groups is 1. The van der Waals surface area contributed by atoms with Crippen LogP contribution in [-0.4, -0.2) is 27.6 Å². The predicted molar refractivity (Wildman–Crippen MR) is 154 cm³/mol. The van der Waals surface area contributed by atoms with Gasteiger partial charge in [-0.3, -0.25) is 24.3 Å². The van der Waals surface area contributed by atoms with E-state index >= 15 is 0 Å². The van der Waals surface area contributed by atoms with Crippen LogP contribution in [0.3, 0.4) is 0 Å². The van der Waals surface area contributed by atoms with E-state index in [1.807, 2.05) is 6.07 Å². The summed E-state index contributed by atoms with van der Waals surface area (Å²) < 4.78 is 7.25. The molecule has 2 heterocycles. The van der Waals surface area contributed by atoms with Crippen LogP contribution in [0.4, 0.5) is 11.4 Å². The summed E-state index contributed by atoms with van der Waals surface area (Å²) in [5, 5.41) is 24.8. The van der Waals surface area contributed by atoms with E-state index in [9.17, 15) is 24.8 Å². The number of allylic oxidation sites excluding steroid dienone is 1. The van der Waals surface area contributed by atoms with Crippen molar-refractivity contribution in [3.63, 3.8) is 0 Å². The Morgan fingerprint density at radius 1 is 1.20 bits per heavy atom.